The highest BCUT2D eigenvalue weighted by Crippen LogP contribution is 2.22. The molecule has 0 aliphatic heterocycles. The molecule has 0 aliphatic carbocycles. The lowest BCUT2D eigenvalue weighted by molar-refractivity contribution is -0.153. The van der Waals surface area contributed by atoms with E-state index in [-0.39, 0.29) is 12.3 Å². The van der Waals surface area contributed by atoms with Gasteiger partial charge in [-0.25, -0.2) is 4.98 Å². The standard InChI is InChI=1S/C17H21F3N4OS/c1-11-15(26-12(2)24-11)9-23-16(21-3)22-8-13-6-4-5-7-14(13)25-10-17(18,19)20/h4-7H,8-10H2,1-3H3,(H2,21,22,23). The molecule has 1 heterocycles. The van der Waals surface area contributed by atoms with Gasteiger partial charge in [0, 0.05) is 24.0 Å². The summed E-state index contributed by atoms with van der Waals surface area (Å²) in [6.45, 7) is 3.44. The van der Waals surface area contributed by atoms with Gasteiger partial charge in [0.25, 0.3) is 0 Å². The zero-order chi connectivity index (χ0) is 19.2. The van der Waals surface area contributed by atoms with Gasteiger partial charge < -0.3 is 15.4 Å². The topological polar surface area (TPSA) is 58.5 Å². The molecule has 0 saturated carbocycles. The molecular formula is C17H21F3N4OS. The average Bonchev–Trinajstić information content (AvgIpc) is 2.90. The fourth-order valence-corrected chi connectivity index (χ4v) is 3.13. The van der Waals surface area contributed by atoms with Crippen molar-refractivity contribution in [1.82, 2.24) is 15.6 Å². The van der Waals surface area contributed by atoms with Crippen LogP contribution in [0.1, 0.15) is 21.1 Å². The Bertz CT molecular complexity index is 759. The lowest BCUT2D eigenvalue weighted by Crippen LogP contribution is -2.36. The number of aliphatic imine (C=N–C) groups is 1. The normalized spacial score (nSPS) is 12.2. The Morgan fingerprint density at radius 2 is 1.88 bits per heavy atom. The van der Waals surface area contributed by atoms with Gasteiger partial charge in [0.2, 0.25) is 0 Å². The van der Waals surface area contributed by atoms with Crippen LogP contribution < -0.4 is 15.4 Å². The van der Waals surface area contributed by atoms with Crippen molar-refractivity contribution in [3.8, 4) is 5.75 Å². The quantitative estimate of drug-likeness (QED) is 0.589. The number of hydrogen-bond acceptors (Lipinski definition) is 4. The predicted octanol–water partition coefficient (Wildman–Crippen LogP) is 3.57. The number of nitrogens with one attached hydrogen (secondary N) is 2. The maximum absolute atomic E-state index is 12.4. The van der Waals surface area contributed by atoms with Crippen molar-refractivity contribution in [3.05, 3.63) is 45.4 Å². The summed E-state index contributed by atoms with van der Waals surface area (Å²) < 4.78 is 42.0. The Morgan fingerprint density at radius 3 is 2.50 bits per heavy atom. The van der Waals surface area contributed by atoms with E-state index in [4.69, 9.17) is 4.74 Å². The molecule has 0 amide bonds. The Balaban J connectivity index is 1.93. The predicted molar refractivity (Wildman–Crippen MR) is 96.6 cm³/mol. The summed E-state index contributed by atoms with van der Waals surface area (Å²) in [5.74, 6) is 0.739. The molecule has 0 bridgehead atoms. The number of halogens is 3. The Hall–Kier alpha value is -2.29. The lowest BCUT2D eigenvalue weighted by Gasteiger charge is -2.15. The van der Waals surface area contributed by atoms with Gasteiger partial charge in [0.15, 0.2) is 12.6 Å². The number of benzene rings is 1. The van der Waals surface area contributed by atoms with Crippen LogP contribution in [0.5, 0.6) is 5.75 Å². The number of ether oxygens (including phenoxy) is 1. The van der Waals surface area contributed by atoms with Crippen molar-refractivity contribution in [3.63, 3.8) is 0 Å². The number of para-hydroxylation sites is 1. The first-order valence-electron chi connectivity index (χ1n) is 7.93. The van der Waals surface area contributed by atoms with Crippen LogP contribution in [0.2, 0.25) is 0 Å². The number of hydrogen-bond donors (Lipinski definition) is 2. The van der Waals surface area contributed by atoms with Crippen LogP contribution in [0, 0.1) is 13.8 Å². The first-order chi connectivity index (χ1) is 12.3. The molecule has 0 radical (unpaired) electrons. The first-order valence-corrected chi connectivity index (χ1v) is 8.75. The minimum Gasteiger partial charge on any atom is -0.484 e. The van der Waals surface area contributed by atoms with E-state index in [9.17, 15) is 13.2 Å². The highest BCUT2D eigenvalue weighted by molar-refractivity contribution is 7.11. The molecule has 2 N–H and O–H groups in total. The van der Waals surface area contributed by atoms with Gasteiger partial charge in [0.05, 0.1) is 17.2 Å². The Morgan fingerprint density at radius 1 is 1.19 bits per heavy atom. The molecule has 26 heavy (non-hydrogen) atoms. The third-order valence-corrected chi connectivity index (χ3v) is 4.52. The van der Waals surface area contributed by atoms with Crippen molar-refractivity contribution < 1.29 is 17.9 Å². The maximum Gasteiger partial charge on any atom is 0.422 e. The Kier molecular flexibility index (Phi) is 6.84. The zero-order valence-corrected chi connectivity index (χ0v) is 15.6. The molecule has 1 aromatic heterocycles. The molecule has 0 unspecified atom stereocenters. The first kappa shape index (κ1) is 20.0. The summed E-state index contributed by atoms with van der Waals surface area (Å²) in [6, 6.07) is 6.61. The highest BCUT2D eigenvalue weighted by Gasteiger charge is 2.28. The summed E-state index contributed by atoms with van der Waals surface area (Å²) in [4.78, 5) is 9.61. The smallest absolute Gasteiger partial charge is 0.422 e. The van der Waals surface area contributed by atoms with Crippen molar-refractivity contribution in [2.45, 2.75) is 33.1 Å². The average molecular weight is 386 g/mol. The monoisotopic (exact) mass is 386 g/mol. The summed E-state index contributed by atoms with van der Waals surface area (Å²) in [7, 11) is 1.63. The van der Waals surface area contributed by atoms with Crippen LogP contribution in [0.3, 0.4) is 0 Å². The molecule has 0 atom stereocenters. The molecule has 0 aliphatic rings. The minimum absolute atomic E-state index is 0.196. The second-order valence-electron chi connectivity index (χ2n) is 5.53. The van der Waals surface area contributed by atoms with Crippen LogP contribution in [0.15, 0.2) is 29.3 Å². The zero-order valence-electron chi connectivity index (χ0n) is 14.8. The number of nitrogens with zero attached hydrogens (tertiary/aromatic N) is 2. The van der Waals surface area contributed by atoms with Crippen LogP contribution in [-0.4, -0.2) is 30.8 Å². The van der Waals surface area contributed by atoms with Crippen LogP contribution in [-0.2, 0) is 13.1 Å². The van der Waals surface area contributed by atoms with Crippen molar-refractivity contribution in [1.29, 1.82) is 0 Å². The third-order valence-electron chi connectivity index (χ3n) is 3.45. The molecule has 2 aromatic rings. The van der Waals surface area contributed by atoms with Crippen LogP contribution >= 0.6 is 11.3 Å². The summed E-state index contributed by atoms with van der Waals surface area (Å²) in [5, 5.41) is 7.25. The van der Waals surface area contributed by atoms with Crippen molar-refractivity contribution in [2.24, 2.45) is 4.99 Å². The number of rotatable bonds is 6. The van der Waals surface area contributed by atoms with E-state index in [0.29, 0.717) is 18.1 Å². The fraction of sp³-hybridized carbons (Fsp3) is 0.412. The summed E-state index contributed by atoms with van der Waals surface area (Å²) in [6.07, 6.45) is -4.37. The molecule has 0 saturated heterocycles. The van der Waals surface area contributed by atoms with E-state index in [1.54, 1.807) is 36.6 Å². The highest BCUT2D eigenvalue weighted by atomic mass is 32.1. The lowest BCUT2D eigenvalue weighted by atomic mass is 10.2. The molecule has 0 spiro atoms. The van der Waals surface area contributed by atoms with Crippen LogP contribution in [0.25, 0.3) is 0 Å². The van der Waals surface area contributed by atoms with Gasteiger partial charge in [-0.15, -0.1) is 11.3 Å². The van der Waals surface area contributed by atoms with E-state index >= 15 is 0 Å². The molecular weight excluding hydrogens is 365 g/mol. The molecule has 1 aromatic carbocycles. The van der Waals surface area contributed by atoms with E-state index in [0.717, 1.165) is 15.6 Å². The molecule has 5 nitrogen and oxygen atoms in total. The van der Waals surface area contributed by atoms with E-state index in [1.807, 2.05) is 13.8 Å². The molecule has 142 valence electrons. The van der Waals surface area contributed by atoms with Crippen molar-refractivity contribution in [2.75, 3.05) is 13.7 Å². The van der Waals surface area contributed by atoms with Crippen molar-refractivity contribution >= 4 is 17.3 Å². The van der Waals surface area contributed by atoms with Gasteiger partial charge in [-0.1, -0.05) is 18.2 Å². The number of guanidine groups is 1. The van der Waals surface area contributed by atoms with E-state index < -0.39 is 12.8 Å². The summed E-state index contributed by atoms with van der Waals surface area (Å²) in [5.41, 5.74) is 1.59. The third kappa shape index (κ3) is 6.21. The maximum atomic E-state index is 12.4. The SMILES string of the molecule is CN=C(NCc1ccccc1OCC(F)(F)F)NCc1sc(C)nc1C. The van der Waals surface area contributed by atoms with Gasteiger partial charge in [-0.2, -0.15) is 13.2 Å². The second-order valence-corrected chi connectivity index (χ2v) is 6.82. The van der Waals surface area contributed by atoms with Gasteiger partial charge in [0.1, 0.15) is 5.75 Å². The van der Waals surface area contributed by atoms with Gasteiger partial charge in [-0.3, -0.25) is 4.99 Å². The fourth-order valence-electron chi connectivity index (χ4n) is 2.25. The van der Waals surface area contributed by atoms with E-state index in [1.165, 1.54) is 6.07 Å². The molecule has 9 heteroatoms. The number of aromatic nitrogens is 1. The molecule has 0 fully saturated rings. The molecule has 2 rings (SSSR count). The number of alkyl halides is 3. The largest absolute Gasteiger partial charge is 0.484 e. The van der Waals surface area contributed by atoms with Crippen LogP contribution in [0.4, 0.5) is 13.2 Å². The Labute approximate surface area is 154 Å². The van der Waals surface area contributed by atoms with Gasteiger partial charge in [-0.05, 0) is 19.9 Å². The van der Waals surface area contributed by atoms with Gasteiger partial charge >= 0.3 is 6.18 Å². The second kappa shape index (κ2) is 8.88. The minimum atomic E-state index is -4.37. The summed E-state index contributed by atoms with van der Waals surface area (Å²) >= 11 is 1.61. The number of thiazole rings is 1. The van der Waals surface area contributed by atoms with E-state index in [2.05, 4.69) is 20.6 Å². The number of aryl methyl sites for hydroxylation is 2.